The molecule has 1 heterocycles. The molecule has 1 aliphatic heterocycles. The number of benzene rings is 2. The molecule has 0 aromatic heterocycles. The lowest BCUT2D eigenvalue weighted by Gasteiger charge is -2.26. The summed E-state index contributed by atoms with van der Waals surface area (Å²) < 4.78 is 32.3. The van der Waals surface area contributed by atoms with Crippen LogP contribution in [-0.2, 0) is 6.54 Å². The molecule has 4 heteroatoms. The van der Waals surface area contributed by atoms with Crippen molar-refractivity contribution in [1.82, 2.24) is 5.32 Å². The molecule has 110 valence electrons. The second-order valence-corrected chi connectivity index (χ2v) is 5.24. The summed E-state index contributed by atoms with van der Waals surface area (Å²) in [6.45, 7) is 1.73. The van der Waals surface area contributed by atoms with Gasteiger partial charge in [0.15, 0.2) is 0 Å². The first kappa shape index (κ1) is 14.0. The fraction of sp³-hybridized carbons (Fsp3) is 0.294. The number of nitrogens with one attached hydrogen (secondary N) is 1. The standard InChI is InChI=1S/C17H17F2NO/c18-14-5-6-16(19)13(9-14)11-20-10-12-7-8-21-17-4-2-1-3-15(12)17/h1-6,9,12,20H,7-8,10-11H2. The monoisotopic (exact) mass is 289 g/mol. The Hall–Kier alpha value is -1.94. The molecule has 3 rings (SSSR count). The first-order valence-corrected chi connectivity index (χ1v) is 7.10. The van der Waals surface area contributed by atoms with Gasteiger partial charge in [0.25, 0.3) is 0 Å². The van der Waals surface area contributed by atoms with Crippen LogP contribution in [0.25, 0.3) is 0 Å². The molecule has 0 aliphatic carbocycles. The molecule has 1 N–H and O–H groups in total. The van der Waals surface area contributed by atoms with E-state index < -0.39 is 5.82 Å². The quantitative estimate of drug-likeness (QED) is 0.928. The Balaban J connectivity index is 1.63. The summed E-state index contributed by atoms with van der Waals surface area (Å²) in [5.74, 6) is 0.472. The molecule has 0 saturated carbocycles. The Bertz CT molecular complexity index is 630. The third-order valence-corrected chi connectivity index (χ3v) is 3.80. The van der Waals surface area contributed by atoms with E-state index in [0.717, 1.165) is 30.8 Å². The smallest absolute Gasteiger partial charge is 0.127 e. The largest absolute Gasteiger partial charge is 0.493 e. The molecular formula is C17H17F2NO. The van der Waals surface area contributed by atoms with Crippen LogP contribution in [0.15, 0.2) is 42.5 Å². The highest BCUT2D eigenvalue weighted by molar-refractivity contribution is 5.38. The van der Waals surface area contributed by atoms with Crippen molar-refractivity contribution < 1.29 is 13.5 Å². The molecule has 0 bridgehead atoms. The first-order chi connectivity index (χ1) is 10.2. The highest BCUT2D eigenvalue weighted by Crippen LogP contribution is 2.32. The van der Waals surface area contributed by atoms with E-state index in [1.54, 1.807) is 0 Å². The van der Waals surface area contributed by atoms with Crippen LogP contribution in [0.2, 0.25) is 0 Å². The zero-order chi connectivity index (χ0) is 14.7. The third-order valence-electron chi connectivity index (χ3n) is 3.80. The van der Waals surface area contributed by atoms with Crippen molar-refractivity contribution in [2.75, 3.05) is 13.2 Å². The highest BCUT2D eigenvalue weighted by Gasteiger charge is 2.20. The minimum atomic E-state index is -0.412. The van der Waals surface area contributed by atoms with Crippen molar-refractivity contribution in [1.29, 1.82) is 0 Å². The van der Waals surface area contributed by atoms with E-state index in [2.05, 4.69) is 11.4 Å². The van der Waals surface area contributed by atoms with E-state index in [1.807, 2.05) is 18.2 Å². The number of ether oxygens (including phenoxy) is 1. The first-order valence-electron chi connectivity index (χ1n) is 7.10. The summed E-state index contributed by atoms with van der Waals surface area (Å²) >= 11 is 0. The van der Waals surface area contributed by atoms with Gasteiger partial charge in [-0.1, -0.05) is 18.2 Å². The summed E-state index contributed by atoms with van der Waals surface area (Å²) in [6.07, 6.45) is 0.926. The Morgan fingerprint density at radius 2 is 2.00 bits per heavy atom. The minimum absolute atomic E-state index is 0.323. The molecule has 0 radical (unpaired) electrons. The number of para-hydroxylation sites is 1. The van der Waals surface area contributed by atoms with Crippen LogP contribution in [0.5, 0.6) is 5.75 Å². The summed E-state index contributed by atoms with van der Waals surface area (Å²) in [6, 6.07) is 11.5. The Morgan fingerprint density at radius 3 is 2.90 bits per heavy atom. The predicted octanol–water partition coefficient (Wildman–Crippen LogP) is 3.62. The maximum atomic E-state index is 13.5. The lowest BCUT2D eigenvalue weighted by atomic mass is 9.93. The van der Waals surface area contributed by atoms with Crippen LogP contribution < -0.4 is 10.1 Å². The fourth-order valence-corrected chi connectivity index (χ4v) is 2.69. The van der Waals surface area contributed by atoms with E-state index >= 15 is 0 Å². The van der Waals surface area contributed by atoms with Crippen molar-refractivity contribution in [3.8, 4) is 5.75 Å². The summed E-state index contributed by atoms with van der Waals surface area (Å²) in [5.41, 5.74) is 1.53. The van der Waals surface area contributed by atoms with Crippen LogP contribution >= 0.6 is 0 Å². The van der Waals surface area contributed by atoms with Crippen molar-refractivity contribution in [2.45, 2.75) is 18.9 Å². The average Bonchev–Trinajstić information content (AvgIpc) is 2.51. The van der Waals surface area contributed by atoms with Gasteiger partial charge in [0.05, 0.1) is 6.61 Å². The Labute approximate surface area is 122 Å². The van der Waals surface area contributed by atoms with Gasteiger partial charge in [0.1, 0.15) is 17.4 Å². The van der Waals surface area contributed by atoms with Gasteiger partial charge in [-0.05, 0) is 36.2 Å². The van der Waals surface area contributed by atoms with Crippen molar-refractivity contribution in [3.63, 3.8) is 0 Å². The molecule has 0 saturated heterocycles. The number of hydrogen-bond donors (Lipinski definition) is 1. The van der Waals surface area contributed by atoms with Crippen molar-refractivity contribution in [3.05, 3.63) is 65.2 Å². The van der Waals surface area contributed by atoms with Gasteiger partial charge in [-0.2, -0.15) is 0 Å². The zero-order valence-electron chi connectivity index (χ0n) is 11.6. The maximum absolute atomic E-state index is 13.5. The number of halogens is 2. The van der Waals surface area contributed by atoms with Crippen LogP contribution in [0.4, 0.5) is 8.78 Å². The van der Waals surface area contributed by atoms with E-state index in [4.69, 9.17) is 4.74 Å². The van der Waals surface area contributed by atoms with Crippen molar-refractivity contribution >= 4 is 0 Å². The van der Waals surface area contributed by atoms with Crippen molar-refractivity contribution in [2.24, 2.45) is 0 Å². The topological polar surface area (TPSA) is 21.3 Å². The Morgan fingerprint density at radius 1 is 1.14 bits per heavy atom. The van der Waals surface area contributed by atoms with Gasteiger partial charge in [-0.25, -0.2) is 8.78 Å². The summed E-state index contributed by atoms with van der Waals surface area (Å²) in [7, 11) is 0. The molecule has 1 atom stereocenters. The molecular weight excluding hydrogens is 272 g/mol. The molecule has 2 aromatic rings. The maximum Gasteiger partial charge on any atom is 0.127 e. The van der Waals surface area contributed by atoms with Gasteiger partial charge in [0, 0.05) is 24.6 Å². The minimum Gasteiger partial charge on any atom is -0.493 e. The van der Waals surface area contributed by atoms with Gasteiger partial charge in [-0.15, -0.1) is 0 Å². The van der Waals surface area contributed by atoms with Gasteiger partial charge in [-0.3, -0.25) is 0 Å². The van der Waals surface area contributed by atoms with E-state index in [-0.39, 0.29) is 5.82 Å². The number of hydrogen-bond acceptors (Lipinski definition) is 2. The van der Waals surface area contributed by atoms with E-state index in [1.165, 1.54) is 11.6 Å². The summed E-state index contributed by atoms with van der Waals surface area (Å²) in [4.78, 5) is 0. The molecule has 21 heavy (non-hydrogen) atoms. The molecule has 0 amide bonds. The van der Waals surface area contributed by atoms with Crippen LogP contribution in [0.3, 0.4) is 0 Å². The molecule has 2 nitrogen and oxygen atoms in total. The van der Waals surface area contributed by atoms with E-state index in [9.17, 15) is 8.78 Å². The third kappa shape index (κ3) is 3.22. The highest BCUT2D eigenvalue weighted by atomic mass is 19.1. The SMILES string of the molecule is Fc1ccc(F)c(CNCC2CCOc3ccccc32)c1. The average molecular weight is 289 g/mol. The van der Waals surface area contributed by atoms with Crippen LogP contribution in [0.1, 0.15) is 23.5 Å². The van der Waals surface area contributed by atoms with Crippen LogP contribution in [0, 0.1) is 11.6 Å². The van der Waals surface area contributed by atoms with Gasteiger partial charge < -0.3 is 10.1 Å². The number of rotatable bonds is 4. The second-order valence-electron chi connectivity index (χ2n) is 5.24. The number of fused-ring (bicyclic) bond motifs is 1. The molecule has 1 unspecified atom stereocenters. The lowest BCUT2D eigenvalue weighted by Crippen LogP contribution is -2.26. The Kier molecular flexibility index (Phi) is 4.15. The second kappa shape index (κ2) is 6.22. The van der Waals surface area contributed by atoms with Crippen LogP contribution in [-0.4, -0.2) is 13.2 Å². The molecule has 1 aliphatic rings. The zero-order valence-corrected chi connectivity index (χ0v) is 11.6. The normalized spacial score (nSPS) is 17.1. The summed E-state index contributed by atoms with van der Waals surface area (Å²) in [5, 5.41) is 3.22. The van der Waals surface area contributed by atoms with Gasteiger partial charge in [0.2, 0.25) is 0 Å². The molecule has 0 spiro atoms. The molecule has 2 aromatic carbocycles. The lowest BCUT2D eigenvalue weighted by molar-refractivity contribution is 0.264. The fourth-order valence-electron chi connectivity index (χ4n) is 2.69. The van der Waals surface area contributed by atoms with Gasteiger partial charge >= 0.3 is 0 Å². The van der Waals surface area contributed by atoms with E-state index in [0.29, 0.717) is 24.6 Å². The molecule has 0 fully saturated rings. The predicted molar refractivity (Wildman–Crippen MR) is 77.4 cm³/mol.